The van der Waals surface area contributed by atoms with Gasteiger partial charge < -0.3 is 26.0 Å². The smallest absolute Gasteiger partial charge is 0.273 e. The predicted octanol–water partition coefficient (Wildman–Crippen LogP) is 2.21. The Bertz CT molecular complexity index is 1080. The first kappa shape index (κ1) is 24.0. The standard InChI is InChI=1S/C23H25ClN6O3/c1-26-19(8-9-25)22(31)29-20(14-16-4-2-3-5-18(16)24)23(32)28-17-6-7-21(27-15-17)30-10-12-33-13-11-30/h2-9,14-15H,10-13,25H2,1H3,(H,28,32)(H,29,31)/b9-8?,20-14-,26-19?. The van der Waals surface area contributed by atoms with E-state index in [9.17, 15) is 9.59 Å². The number of anilines is 2. The van der Waals surface area contributed by atoms with Gasteiger partial charge in [0.05, 0.1) is 25.1 Å². The van der Waals surface area contributed by atoms with E-state index in [0.29, 0.717) is 29.5 Å². The number of benzene rings is 1. The van der Waals surface area contributed by atoms with E-state index in [0.717, 1.165) is 18.9 Å². The maximum Gasteiger partial charge on any atom is 0.273 e. The predicted molar refractivity (Wildman–Crippen MR) is 130 cm³/mol. The molecule has 1 aliphatic heterocycles. The quantitative estimate of drug-likeness (QED) is 0.423. The summed E-state index contributed by atoms with van der Waals surface area (Å²) in [5, 5.41) is 5.77. The maximum absolute atomic E-state index is 13.0. The summed E-state index contributed by atoms with van der Waals surface area (Å²) >= 11 is 6.24. The molecule has 10 heteroatoms. The van der Waals surface area contributed by atoms with E-state index in [1.807, 2.05) is 6.07 Å². The fourth-order valence-electron chi connectivity index (χ4n) is 3.07. The van der Waals surface area contributed by atoms with Crippen LogP contribution in [0.4, 0.5) is 11.5 Å². The number of aliphatic imine (C=N–C) groups is 1. The van der Waals surface area contributed by atoms with Gasteiger partial charge in [0.2, 0.25) is 0 Å². The lowest BCUT2D eigenvalue weighted by molar-refractivity contribution is -0.117. The van der Waals surface area contributed by atoms with E-state index in [4.69, 9.17) is 22.1 Å². The number of pyridine rings is 1. The van der Waals surface area contributed by atoms with Crippen molar-refractivity contribution in [3.63, 3.8) is 0 Å². The van der Waals surface area contributed by atoms with Crippen LogP contribution in [0.5, 0.6) is 0 Å². The van der Waals surface area contributed by atoms with Crippen LogP contribution in [0.2, 0.25) is 5.02 Å². The second kappa shape index (κ2) is 11.8. The number of carbonyl (C=O) groups excluding carboxylic acids is 2. The first-order chi connectivity index (χ1) is 16.0. The zero-order valence-corrected chi connectivity index (χ0v) is 18.9. The summed E-state index contributed by atoms with van der Waals surface area (Å²) < 4.78 is 5.36. The highest BCUT2D eigenvalue weighted by Gasteiger charge is 2.18. The number of morpholine rings is 1. The third kappa shape index (κ3) is 6.64. The summed E-state index contributed by atoms with van der Waals surface area (Å²) in [6.07, 6.45) is 5.59. The highest BCUT2D eigenvalue weighted by molar-refractivity contribution is 6.44. The number of hydrogen-bond donors (Lipinski definition) is 3. The van der Waals surface area contributed by atoms with Crippen LogP contribution in [-0.4, -0.2) is 55.9 Å². The Kier molecular flexibility index (Phi) is 8.56. The van der Waals surface area contributed by atoms with Gasteiger partial charge in [-0.3, -0.25) is 14.6 Å². The Morgan fingerprint density at radius 2 is 1.94 bits per heavy atom. The van der Waals surface area contributed by atoms with Gasteiger partial charge in [-0.2, -0.15) is 0 Å². The molecule has 0 atom stereocenters. The molecule has 2 amide bonds. The van der Waals surface area contributed by atoms with Crippen molar-refractivity contribution >= 4 is 46.7 Å². The summed E-state index contributed by atoms with van der Waals surface area (Å²) in [6.45, 7) is 2.82. The Hall–Kier alpha value is -3.69. The molecule has 2 aromatic rings. The number of hydrogen-bond acceptors (Lipinski definition) is 7. The number of rotatable bonds is 7. The Morgan fingerprint density at radius 1 is 1.18 bits per heavy atom. The molecule has 0 bridgehead atoms. The van der Waals surface area contributed by atoms with Crippen molar-refractivity contribution in [1.29, 1.82) is 0 Å². The van der Waals surface area contributed by atoms with E-state index in [2.05, 4.69) is 25.5 Å². The highest BCUT2D eigenvalue weighted by Crippen LogP contribution is 2.19. The molecule has 3 rings (SSSR count). The van der Waals surface area contributed by atoms with Gasteiger partial charge in [-0.1, -0.05) is 29.8 Å². The van der Waals surface area contributed by atoms with Crippen molar-refractivity contribution in [3.05, 3.63) is 71.2 Å². The van der Waals surface area contributed by atoms with Crippen LogP contribution in [0, 0.1) is 0 Å². The van der Waals surface area contributed by atoms with Gasteiger partial charge in [0.1, 0.15) is 17.2 Å². The Labute approximate surface area is 197 Å². The van der Waals surface area contributed by atoms with E-state index in [-0.39, 0.29) is 11.4 Å². The topological polar surface area (TPSA) is 122 Å². The van der Waals surface area contributed by atoms with Crippen molar-refractivity contribution in [2.24, 2.45) is 10.7 Å². The summed E-state index contributed by atoms with van der Waals surface area (Å²) in [5.74, 6) is -0.335. The molecule has 0 unspecified atom stereocenters. The molecule has 0 saturated carbocycles. The first-order valence-corrected chi connectivity index (χ1v) is 10.6. The molecule has 2 heterocycles. The van der Waals surface area contributed by atoms with Gasteiger partial charge in [0, 0.05) is 25.2 Å². The average Bonchev–Trinajstić information content (AvgIpc) is 2.84. The van der Waals surface area contributed by atoms with E-state index >= 15 is 0 Å². The van der Waals surface area contributed by atoms with Gasteiger partial charge in [0.25, 0.3) is 11.8 Å². The van der Waals surface area contributed by atoms with Crippen LogP contribution in [0.1, 0.15) is 5.56 Å². The summed E-state index contributed by atoms with van der Waals surface area (Å²) in [4.78, 5) is 36.1. The van der Waals surface area contributed by atoms with Crippen LogP contribution in [-0.2, 0) is 14.3 Å². The van der Waals surface area contributed by atoms with Crippen LogP contribution in [0.15, 0.2) is 65.6 Å². The van der Waals surface area contributed by atoms with Crippen LogP contribution in [0.25, 0.3) is 6.08 Å². The number of carbonyl (C=O) groups is 2. The molecule has 1 saturated heterocycles. The van der Waals surface area contributed by atoms with Gasteiger partial charge >= 0.3 is 0 Å². The van der Waals surface area contributed by atoms with Gasteiger partial charge in [-0.25, -0.2) is 4.98 Å². The van der Waals surface area contributed by atoms with Crippen LogP contribution in [0.3, 0.4) is 0 Å². The van der Waals surface area contributed by atoms with Crippen molar-refractivity contribution in [2.75, 3.05) is 43.6 Å². The third-order valence-corrected chi connectivity index (χ3v) is 5.11. The first-order valence-electron chi connectivity index (χ1n) is 10.2. The average molecular weight is 469 g/mol. The summed E-state index contributed by atoms with van der Waals surface area (Å²) in [5.41, 5.74) is 6.46. The second-order valence-corrected chi connectivity index (χ2v) is 7.37. The van der Waals surface area contributed by atoms with Gasteiger partial charge in [-0.15, -0.1) is 0 Å². The molecule has 1 aromatic heterocycles. The molecule has 0 spiro atoms. The minimum absolute atomic E-state index is 0.0167. The van der Waals surface area contributed by atoms with Gasteiger partial charge in [0.15, 0.2) is 0 Å². The summed E-state index contributed by atoms with van der Waals surface area (Å²) in [7, 11) is 1.45. The number of nitrogens with two attached hydrogens (primary N) is 1. The van der Waals surface area contributed by atoms with Crippen molar-refractivity contribution in [2.45, 2.75) is 0 Å². The molecule has 0 aliphatic carbocycles. The number of nitrogens with one attached hydrogen (secondary N) is 2. The molecule has 172 valence electrons. The maximum atomic E-state index is 13.0. The van der Waals surface area contributed by atoms with Gasteiger partial charge in [-0.05, 0) is 42.1 Å². The monoisotopic (exact) mass is 468 g/mol. The Balaban J connectivity index is 1.81. The number of amides is 2. The third-order valence-electron chi connectivity index (χ3n) is 4.77. The SMILES string of the molecule is CN=C(C=CN)C(=O)N/C(=C\c1ccccc1Cl)C(=O)Nc1ccc(N2CCOCC2)nc1. The lowest BCUT2D eigenvalue weighted by Gasteiger charge is -2.27. The fraction of sp³-hybridized carbons (Fsp3) is 0.217. The number of halogens is 1. The van der Waals surface area contributed by atoms with E-state index in [1.165, 1.54) is 25.4 Å². The molecule has 1 aromatic carbocycles. The largest absolute Gasteiger partial charge is 0.405 e. The minimum Gasteiger partial charge on any atom is -0.405 e. The normalized spacial score (nSPS) is 14.9. The molecular formula is C23H25ClN6O3. The highest BCUT2D eigenvalue weighted by atomic mass is 35.5. The summed E-state index contributed by atoms with van der Waals surface area (Å²) in [6, 6.07) is 10.5. The molecule has 9 nitrogen and oxygen atoms in total. The zero-order chi connectivity index (χ0) is 23.6. The van der Waals surface area contributed by atoms with Crippen molar-refractivity contribution < 1.29 is 14.3 Å². The molecule has 4 N–H and O–H groups in total. The van der Waals surface area contributed by atoms with E-state index in [1.54, 1.807) is 36.5 Å². The lowest BCUT2D eigenvalue weighted by atomic mass is 10.1. The van der Waals surface area contributed by atoms with E-state index < -0.39 is 11.8 Å². The van der Waals surface area contributed by atoms with Crippen molar-refractivity contribution in [3.8, 4) is 0 Å². The lowest BCUT2D eigenvalue weighted by Crippen LogP contribution is -2.36. The van der Waals surface area contributed by atoms with Crippen LogP contribution < -0.4 is 21.3 Å². The molecular weight excluding hydrogens is 444 g/mol. The number of nitrogens with zero attached hydrogens (tertiary/aromatic N) is 3. The fourth-order valence-corrected chi connectivity index (χ4v) is 3.26. The number of ether oxygens (including phenoxy) is 1. The zero-order valence-electron chi connectivity index (χ0n) is 18.1. The number of aromatic nitrogens is 1. The second-order valence-electron chi connectivity index (χ2n) is 6.96. The molecule has 33 heavy (non-hydrogen) atoms. The minimum atomic E-state index is -0.589. The molecule has 1 fully saturated rings. The molecule has 1 aliphatic rings. The van der Waals surface area contributed by atoms with Crippen molar-refractivity contribution in [1.82, 2.24) is 10.3 Å². The van der Waals surface area contributed by atoms with Crippen LogP contribution >= 0.6 is 11.6 Å². The molecule has 0 radical (unpaired) electrons. The Morgan fingerprint density at radius 3 is 2.58 bits per heavy atom.